The Bertz CT molecular complexity index is 436. The number of amides is 1. The van der Waals surface area contributed by atoms with Gasteiger partial charge in [-0.1, -0.05) is 13.8 Å². The molecule has 6 nitrogen and oxygen atoms in total. The predicted octanol–water partition coefficient (Wildman–Crippen LogP) is 1.20. The molecule has 1 fully saturated rings. The van der Waals surface area contributed by atoms with Crippen LogP contribution < -0.4 is 15.4 Å². The number of rotatable bonds is 6. The van der Waals surface area contributed by atoms with Crippen molar-refractivity contribution >= 4 is 11.7 Å². The van der Waals surface area contributed by atoms with Gasteiger partial charge in [-0.3, -0.25) is 9.78 Å². The molecule has 19 heavy (non-hydrogen) atoms. The smallest absolute Gasteiger partial charge is 0.234 e. The van der Waals surface area contributed by atoms with Crippen LogP contribution in [0.2, 0.25) is 0 Å². The fourth-order valence-corrected chi connectivity index (χ4v) is 1.81. The van der Waals surface area contributed by atoms with E-state index in [1.165, 1.54) is 0 Å². The molecule has 0 bridgehead atoms. The molecule has 0 aliphatic carbocycles. The summed E-state index contributed by atoms with van der Waals surface area (Å²) in [4.78, 5) is 19.5. The zero-order chi connectivity index (χ0) is 13.7. The molecule has 1 aromatic rings. The summed E-state index contributed by atoms with van der Waals surface area (Å²) >= 11 is 0. The average molecular weight is 264 g/mol. The highest BCUT2D eigenvalue weighted by atomic mass is 16.5. The number of ether oxygens (including phenoxy) is 1. The Labute approximate surface area is 113 Å². The fourth-order valence-electron chi connectivity index (χ4n) is 1.81. The number of anilines is 1. The van der Waals surface area contributed by atoms with E-state index in [4.69, 9.17) is 4.74 Å². The molecule has 1 unspecified atom stereocenters. The lowest BCUT2D eigenvalue weighted by Gasteiger charge is -2.12. The fraction of sp³-hybridized carbons (Fsp3) is 0.615. The Morgan fingerprint density at radius 2 is 2.37 bits per heavy atom. The standard InChI is InChI=1S/C13H20N4O2/c1-9(2)8-19-13-7-14-6-11(17-13)15-5-10-3-4-12(18)16-10/h6-7,9-10H,3-5,8H2,1-2H3,(H,15,17)(H,16,18). The number of carbonyl (C=O) groups is 1. The van der Waals surface area contributed by atoms with Gasteiger partial charge in [0.1, 0.15) is 5.82 Å². The molecule has 1 amide bonds. The van der Waals surface area contributed by atoms with Crippen molar-refractivity contribution in [3.8, 4) is 5.88 Å². The molecule has 1 atom stereocenters. The van der Waals surface area contributed by atoms with Crippen molar-refractivity contribution in [2.75, 3.05) is 18.5 Å². The van der Waals surface area contributed by atoms with E-state index in [1.807, 2.05) is 0 Å². The van der Waals surface area contributed by atoms with Crippen molar-refractivity contribution in [3.63, 3.8) is 0 Å². The van der Waals surface area contributed by atoms with Crippen LogP contribution in [0, 0.1) is 5.92 Å². The third kappa shape index (κ3) is 4.39. The number of aromatic nitrogens is 2. The molecule has 2 rings (SSSR count). The van der Waals surface area contributed by atoms with Crippen molar-refractivity contribution in [1.82, 2.24) is 15.3 Å². The van der Waals surface area contributed by atoms with Crippen LogP contribution in [0.1, 0.15) is 26.7 Å². The summed E-state index contributed by atoms with van der Waals surface area (Å²) in [7, 11) is 0. The summed E-state index contributed by atoms with van der Waals surface area (Å²) in [5, 5.41) is 6.06. The Morgan fingerprint density at radius 1 is 1.53 bits per heavy atom. The Kier molecular flexibility index (Phi) is 4.54. The summed E-state index contributed by atoms with van der Waals surface area (Å²) in [6.07, 6.45) is 4.72. The van der Waals surface area contributed by atoms with Crippen LogP contribution in [0.4, 0.5) is 5.82 Å². The van der Waals surface area contributed by atoms with Gasteiger partial charge in [0.15, 0.2) is 0 Å². The van der Waals surface area contributed by atoms with Crippen molar-refractivity contribution < 1.29 is 9.53 Å². The van der Waals surface area contributed by atoms with E-state index < -0.39 is 0 Å². The van der Waals surface area contributed by atoms with Gasteiger partial charge in [-0.15, -0.1) is 0 Å². The van der Waals surface area contributed by atoms with E-state index >= 15 is 0 Å². The molecule has 2 heterocycles. The third-order valence-corrected chi connectivity index (χ3v) is 2.79. The average Bonchev–Trinajstić information content (AvgIpc) is 2.80. The van der Waals surface area contributed by atoms with E-state index in [1.54, 1.807) is 12.4 Å². The summed E-state index contributed by atoms with van der Waals surface area (Å²) in [5.74, 6) is 1.76. The van der Waals surface area contributed by atoms with Crippen molar-refractivity contribution in [2.24, 2.45) is 5.92 Å². The SMILES string of the molecule is CC(C)COc1cncc(NCC2CCC(=O)N2)n1. The van der Waals surface area contributed by atoms with Gasteiger partial charge >= 0.3 is 0 Å². The van der Waals surface area contributed by atoms with Crippen molar-refractivity contribution in [3.05, 3.63) is 12.4 Å². The van der Waals surface area contributed by atoms with Crippen LogP contribution >= 0.6 is 0 Å². The molecule has 1 aliphatic rings. The maximum Gasteiger partial charge on any atom is 0.234 e. The van der Waals surface area contributed by atoms with Gasteiger partial charge in [0.2, 0.25) is 11.8 Å². The quantitative estimate of drug-likeness (QED) is 0.807. The molecule has 0 aromatic carbocycles. The molecule has 2 N–H and O–H groups in total. The zero-order valence-corrected chi connectivity index (χ0v) is 11.3. The topological polar surface area (TPSA) is 76.1 Å². The predicted molar refractivity (Wildman–Crippen MR) is 72.0 cm³/mol. The Hall–Kier alpha value is -1.85. The minimum absolute atomic E-state index is 0.118. The maximum absolute atomic E-state index is 11.1. The largest absolute Gasteiger partial charge is 0.476 e. The van der Waals surface area contributed by atoms with Crippen molar-refractivity contribution in [2.45, 2.75) is 32.7 Å². The van der Waals surface area contributed by atoms with Gasteiger partial charge in [-0.2, -0.15) is 4.98 Å². The van der Waals surface area contributed by atoms with Crippen LogP contribution in [0.3, 0.4) is 0 Å². The number of hydrogen-bond donors (Lipinski definition) is 2. The van der Waals surface area contributed by atoms with Crippen LogP contribution in [0.25, 0.3) is 0 Å². The van der Waals surface area contributed by atoms with Crippen LogP contribution in [0.5, 0.6) is 5.88 Å². The molecule has 0 saturated carbocycles. The van der Waals surface area contributed by atoms with E-state index in [-0.39, 0.29) is 11.9 Å². The van der Waals surface area contributed by atoms with Crippen LogP contribution in [-0.4, -0.2) is 35.1 Å². The lowest BCUT2D eigenvalue weighted by Crippen LogP contribution is -2.32. The van der Waals surface area contributed by atoms with Crippen molar-refractivity contribution in [1.29, 1.82) is 0 Å². The van der Waals surface area contributed by atoms with Crippen LogP contribution in [0.15, 0.2) is 12.4 Å². The third-order valence-electron chi connectivity index (χ3n) is 2.79. The first-order valence-electron chi connectivity index (χ1n) is 6.61. The normalized spacial score (nSPS) is 18.5. The number of nitrogens with zero attached hydrogens (tertiary/aromatic N) is 2. The molecule has 104 valence electrons. The molecule has 1 saturated heterocycles. The summed E-state index contributed by atoms with van der Waals surface area (Å²) in [6, 6.07) is 0.175. The summed E-state index contributed by atoms with van der Waals surface area (Å²) < 4.78 is 5.51. The molecule has 6 heteroatoms. The molecule has 1 aromatic heterocycles. The molecule has 0 spiro atoms. The van der Waals surface area contributed by atoms with Gasteiger partial charge < -0.3 is 15.4 Å². The second-order valence-electron chi connectivity index (χ2n) is 5.13. The highest BCUT2D eigenvalue weighted by Crippen LogP contribution is 2.12. The van der Waals surface area contributed by atoms with Crippen LogP contribution in [-0.2, 0) is 4.79 Å². The second kappa shape index (κ2) is 6.36. The number of hydrogen-bond acceptors (Lipinski definition) is 5. The Balaban J connectivity index is 1.83. The first-order chi connectivity index (χ1) is 9.13. The van der Waals surface area contributed by atoms with E-state index in [9.17, 15) is 4.79 Å². The van der Waals surface area contributed by atoms with E-state index in [0.717, 1.165) is 6.42 Å². The first kappa shape index (κ1) is 13.6. The van der Waals surface area contributed by atoms with Gasteiger partial charge in [-0.05, 0) is 12.3 Å². The lowest BCUT2D eigenvalue weighted by molar-refractivity contribution is -0.119. The first-order valence-corrected chi connectivity index (χ1v) is 6.61. The lowest BCUT2D eigenvalue weighted by atomic mass is 10.2. The number of carbonyl (C=O) groups excluding carboxylic acids is 1. The van der Waals surface area contributed by atoms with E-state index in [2.05, 4.69) is 34.4 Å². The molecule has 0 radical (unpaired) electrons. The highest BCUT2D eigenvalue weighted by Gasteiger charge is 2.20. The Morgan fingerprint density at radius 3 is 3.05 bits per heavy atom. The minimum atomic E-state index is 0.118. The monoisotopic (exact) mass is 264 g/mol. The zero-order valence-electron chi connectivity index (χ0n) is 11.3. The molecular formula is C13H20N4O2. The maximum atomic E-state index is 11.1. The highest BCUT2D eigenvalue weighted by molar-refractivity contribution is 5.78. The van der Waals surface area contributed by atoms with Gasteiger partial charge in [0.05, 0.1) is 19.0 Å². The minimum Gasteiger partial charge on any atom is -0.476 e. The van der Waals surface area contributed by atoms with Gasteiger partial charge in [0, 0.05) is 19.0 Å². The van der Waals surface area contributed by atoms with Gasteiger partial charge in [0.25, 0.3) is 0 Å². The second-order valence-corrected chi connectivity index (χ2v) is 5.13. The number of nitrogens with one attached hydrogen (secondary N) is 2. The molecular weight excluding hydrogens is 244 g/mol. The summed E-state index contributed by atoms with van der Waals surface area (Å²) in [5.41, 5.74) is 0. The molecule has 1 aliphatic heterocycles. The van der Waals surface area contributed by atoms with Gasteiger partial charge in [-0.25, -0.2) is 0 Å². The van der Waals surface area contributed by atoms with E-state index in [0.29, 0.717) is 37.2 Å². The summed E-state index contributed by atoms with van der Waals surface area (Å²) in [6.45, 7) is 5.45.